The number of ether oxygens (including phenoxy) is 1. The van der Waals surface area contributed by atoms with Crippen LogP contribution in [0.1, 0.15) is 40.5 Å². The Labute approximate surface area is 94.8 Å². The molecule has 1 aliphatic carbocycles. The Bertz CT molecular complexity index is 191. The van der Waals surface area contributed by atoms with Gasteiger partial charge in [0.2, 0.25) is 0 Å². The van der Waals surface area contributed by atoms with E-state index in [1.165, 1.54) is 12.8 Å². The van der Waals surface area contributed by atoms with Gasteiger partial charge in [-0.15, -0.1) is 0 Å². The summed E-state index contributed by atoms with van der Waals surface area (Å²) in [6.45, 7) is 11.3. The number of nitrogens with one attached hydrogen (secondary N) is 1. The minimum absolute atomic E-state index is 0.529. The lowest BCUT2D eigenvalue weighted by Gasteiger charge is -2.20. The molecule has 0 aromatic rings. The lowest BCUT2D eigenvalue weighted by Crippen LogP contribution is -2.35. The van der Waals surface area contributed by atoms with E-state index in [2.05, 4.69) is 33.0 Å². The minimum atomic E-state index is 0.529. The highest BCUT2D eigenvalue weighted by molar-refractivity contribution is 4.91. The highest BCUT2D eigenvalue weighted by Crippen LogP contribution is 2.40. The fraction of sp³-hybridized carbons (Fsp3) is 1.00. The summed E-state index contributed by atoms with van der Waals surface area (Å²) in [6.07, 6.45) is 2.66. The summed E-state index contributed by atoms with van der Waals surface area (Å²) in [7, 11) is 1.78. The van der Waals surface area contributed by atoms with E-state index >= 15 is 0 Å². The monoisotopic (exact) mass is 213 g/mol. The molecular formula is C13H27NO. The molecule has 2 heteroatoms. The highest BCUT2D eigenvalue weighted by Gasteiger charge is 2.36. The van der Waals surface area contributed by atoms with Crippen LogP contribution in [-0.2, 0) is 4.74 Å². The Kier molecular flexibility index (Phi) is 4.60. The summed E-state index contributed by atoms with van der Waals surface area (Å²) in [4.78, 5) is 0. The molecule has 1 N–H and O–H groups in total. The van der Waals surface area contributed by atoms with Gasteiger partial charge < -0.3 is 10.1 Å². The van der Waals surface area contributed by atoms with Gasteiger partial charge in [0.15, 0.2) is 0 Å². The van der Waals surface area contributed by atoms with Crippen LogP contribution >= 0.6 is 0 Å². The molecule has 15 heavy (non-hydrogen) atoms. The zero-order valence-electron chi connectivity index (χ0n) is 11.0. The SMILES string of the molecule is COCC(C)CNC1CC(C)(C)CC1C. The Hall–Kier alpha value is -0.0800. The maximum absolute atomic E-state index is 5.15. The number of hydrogen-bond acceptors (Lipinski definition) is 2. The van der Waals surface area contributed by atoms with Crippen molar-refractivity contribution in [2.24, 2.45) is 17.3 Å². The van der Waals surface area contributed by atoms with Crippen LogP contribution in [0, 0.1) is 17.3 Å². The van der Waals surface area contributed by atoms with Gasteiger partial charge in [-0.05, 0) is 30.1 Å². The minimum Gasteiger partial charge on any atom is -0.384 e. The molecule has 1 saturated carbocycles. The normalized spacial score (nSPS) is 31.8. The topological polar surface area (TPSA) is 21.3 Å². The summed E-state index contributed by atoms with van der Waals surface area (Å²) in [6, 6.07) is 0.708. The Morgan fingerprint density at radius 3 is 2.53 bits per heavy atom. The van der Waals surface area contributed by atoms with Crippen molar-refractivity contribution in [1.82, 2.24) is 5.32 Å². The van der Waals surface area contributed by atoms with Gasteiger partial charge in [-0.1, -0.05) is 27.7 Å². The number of rotatable bonds is 5. The van der Waals surface area contributed by atoms with Crippen molar-refractivity contribution in [3.8, 4) is 0 Å². The largest absolute Gasteiger partial charge is 0.384 e. The molecule has 90 valence electrons. The molecule has 0 saturated heterocycles. The van der Waals surface area contributed by atoms with Gasteiger partial charge in [-0.2, -0.15) is 0 Å². The van der Waals surface area contributed by atoms with Gasteiger partial charge in [-0.3, -0.25) is 0 Å². The summed E-state index contributed by atoms with van der Waals surface area (Å²) >= 11 is 0. The van der Waals surface area contributed by atoms with E-state index in [-0.39, 0.29) is 0 Å². The molecule has 0 amide bonds. The molecule has 1 aliphatic rings. The maximum atomic E-state index is 5.15. The first-order chi connectivity index (χ1) is 6.94. The summed E-state index contributed by atoms with van der Waals surface area (Å²) in [5, 5.41) is 3.69. The molecule has 3 atom stereocenters. The molecule has 0 aromatic carbocycles. The molecule has 3 unspecified atom stereocenters. The van der Waals surface area contributed by atoms with Crippen molar-refractivity contribution < 1.29 is 4.74 Å². The van der Waals surface area contributed by atoms with Crippen molar-refractivity contribution in [3.05, 3.63) is 0 Å². The van der Waals surface area contributed by atoms with E-state index in [0.717, 1.165) is 19.1 Å². The molecule has 1 rings (SSSR count). The molecular weight excluding hydrogens is 186 g/mol. The standard InChI is InChI=1S/C13H27NO/c1-10(9-15-5)8-14-12-7-13(3,4)6-11(12)2/h10-12,14H,6-9H2,1-5H3. The average Bonchev–Trinajstić information content (AvgIpc) is 2.36. The predicted molar refractivity (Wildman–Crippen MR) is 65.0 cm³/mol. The molecule has 0 aromatic heterocycles. The zero-order valence-corrected chi connectivity index (χ0v) is 11.0. The van der Waals surface area contributed by atoms with Crippen LogP contribution in [0.5, 0.6) is 0 Å². The van der Waals surface area contributed by atoms with Crippen LogP contribution in [-0.4, -0.2) is 26.3 Å². The quantitative estimate of drug-likeness (QED) is 0.758. The Morgan fingerprint density at radius 1 is 1.40 bits per heavy atom. The zero-order chi connectivity index (χ0) is 11.5. The Morgan fingerprint density at radius 2 is 2.07 bits per heavy atom. The predicted octanol–water partition coefficient (Wildman–Crippen LogP) is 2.68. The summed E-state index contributed by atoms with van der Waals surface area (Å²) < 4.78 is 5.15. The van der Waals surface area contributed by atoms with Crippen molar-refractivity contribution in [1.29, 1.82) is 0 Å². The molecule has 1 fully saturated rings. The lowest BCUT2D eigenvalue weighted by atomic mass is 9.91. The van der Waals surface area contributed by atoms with Crippen LogP contribution in [0.4, 0.5) is 0 Å². The average molecular weight is 213 g/mol. The molecule has 0 radical (unpaired) electrons. The summed E-state index contributed by atoms with van der Waals surface area (Å²) in [5.74, 6) is 1.43. The van der Waals surface area contributed by atoms with Crippen LogP contribution < -0.4 is 5.32 Å². The molecule has 0 aliphatic heterocycles. The lowest BCUT2D eigenvalue weighted by molar-refractivity contribution is 0.155. The van der Waals surface area contributed by atoms with E-state index in [4.69, 9.17) is 4.74 Å². The highest BCUT2D eigenvalue weighted by atomic mass is 16.5. The molecule has 0 spiro atoms. The fourth-order valence-corrected chi connectivity index (χ4v) is 2.86. The smallest absolute Gasteiger partial charge is 0.0499 e. The van der Waals surface area contributed by atoms with Gasteiger partial charge in [0.1, 0.15) is 0 Å². The first-order valence-corrected chi connectivity index (χ1v) is 6.17. The third kappa shape index (κ3) is 4.12. The Balaban J connectivity index is 2.27. The van der Waals surface area contributed by atoms with Crippen LogP contribution in [0.15, 0.2) is 0 Å². The molecule has 2 nitrogen and oxygen atoms in total. The fourth-order valence-electron chi connectivity index (χ4n) is 2.86. The van der Waals surface area contributed by atoms with E-state index in [1.807, 2.05) is 0 Å². The van der Waals surface area contributed by atoms with E-state index in [9.17, 15) is 0 Å². The van der Waals surface area contributed by atoms with Gasteiger partial charge in [-0.25, -0.2) is 0 Å². The van der Waals surface area contributed by atoms with Gasteiger partial charge in [0.25, 0.3) is 0 Å². The van der Waals surface area contributed by atoms with E-state index in [1.54, 1.807) is 7.11 Å². The number of methoxy groups -OCH3 is 1. The van der Waals surface area contributed by atoms with Crippen LogP contribution in [0.25, 0.3) is 0 Å². The van der Waals surface area contributed by atoms with Gasteiger partial charge in [0, 0.05) is 26.3 Å². The van der Waals surface area contributed by atoms with Crippen molar-refractivity contribution in [2.45, 2.75) is 46.6 Å². The number of hydrogen-bond donors (Lipinski definition) is 1. The van der Waals surface area contributed by atoms with E-state index < -0.39 is 0 Å². The van der Waals surface area contributed by atoms with Crippen molar-refractivity contribution >= 4 is 0 Å². The van der Waals surface area contributed by atoms with Crippen molar-refractivity contribution in [3.63, 3.8) is 0 Å². The molecule has 0 bridgehead atoms. The second-order valence-corrected chi connectivity index (χ2v) is 6.13. The summed E-state index contributed by atoms with van der Waals surface area (Å²) in [5.41, 5.74) is 0.529. The third-order valence-electron chi connectivity index (χ3n) is 3.51. The second kappa shape index (κ2) is 5.31. The second-order valence-electron chi connectivity index (χ2n) is 6.13. The van der Waals surface area contributed by atoms with Crippen LogP contribution in [0.2, 0.25) is 0 Å². The maximum Gasteiger partial charge on any atom is 0.0499 e. The van der Waals surface area contributed by atoms with Crippen molar-refractivity contribution in [2.75, 3.05) is 20.3 Å². The first-order valence-electron chi connectivity index (χ1n) is 6.17. The van der Waals surface area contributed by atoms with Crippen LogP contribution in [0.3, 0.4) is 0 Å². The van der Waals surface area contributed by atoms with Gasteiger partial charge >= 0.3 is 0 Å². The third-order valence-corrected chi connectivity index (χ3v) is 3.51. The first kappa shape index (κ1) is 13.0. The molecule has 0 heterocycles. The van der Waals surface area contributed by atoms with E-state index in [0.29, 0.717) is 17.4 Å². The van der Waals surface area contributed by atoms with Gasteiger partial charge in [0.05, 0.1) is 0 Å².